The van der Waals surface area contributed by atoms with Crippen molar-refractivity contribution in [3.63, 3.8) is 0 Å². The summed E-state index contributed by atoms with van der Waals surface area (Å²) in [6.45, 7) is 3.84. The predicted octanol–water partition coefficient (Wildman–Crippen LogP) is 0.587. The number of nitrogens with zero attached hydrogens (tertiary/aromatic N) is 2. The fraction of sp³-hybridized carbons (Fsp3) is 0.688. The summed E-state index contributed by atoms with van der Waals surface area (Å²) in [6.07, 6.45) is 2.32. The average Bonchev–Trinajstić information content (AvgIpc) is 3.17. The van der Waals surface area contributed by atoms with Crippen LogP contribution in [-0.4, -0.2) is 79.5 Å². The van der Waals surface area contributed by atoms with E-state index in [2.05, 4.69) is 4.90 Å². The second-order valence-corrected chi connectivity index (χ2v) is 6.31. The van der Waals surface area contributed by atoms with E-state index in [9.17, 15) is 9.90 Å². The molecule has 0 bridgehead atoms. The van der Waals surface area contributed by atoms with Crippen molar-refractivity contribution in [1.29, 1.82) is 0 Å². The highest BCUT2D eigenvalue weighted by molar-refractivity contribution is 5.91. The SMILES string of the molecule is COc1ccc(C(=O)N2CCOC[C@](O)(CN3CCCC3)C2)o1. The first kappa shape index (κ1) is 16.3. The maximum Gasteiger partial charge on any atom is 0.289 e. The number of methoxy groups -OCH3 is 1. The van der Waals surface area contributed by atoms with Gasteiger partial charge in [-0.25, -0.2) is 0 Å². The molecule has 2 aliphatic heterocycles. The first-order chi connectivity index (χ1) is 11.1. The molecule has 3 rings (SSSR count). The van der Waals surface area contributed by atoms with E-state index in [0.717, 1.165) is 25.9 Å². The molecular weight excluding hydrogens is 300 g/mol. The molecule has 1 atom stereocenters. The van der Waals surface area contributed by atoms with Crippen molar-refractivity contribution >= 4 is 5.91 Å². The molecule has 2 saturated heterocycles. The third-order valence-corrected chi connectivity index (χ3v) is 4.36. The number of β-amino-alcohol motifs (C(OH)–C–C–N with tert-alkyl or cyclic N) is 1. The van der Waals surface area contributed by atoms with Gasteiger partial charge in [-0.2, -0.15) is 0 Å². The Bertz CT molecular complexity index is 540. The average molecular weight is 324 g/mol. The van der Waals surface area contributed by atoms with Gasteiger partial charge in [0.25, 0.3) is 11.9 Å². The molecule has 2 aliphatic rings. The van der Waals surface area contributed by atoms with Gasteiger partial charge in [-0.05, 0) is 32.0 Å². The highest BCUT2D eigenvalue weighted by Crippen LogP contribution is 2.21. The normalized spacial score (nSPS) is 26.3. The first-order valence-corrected chi connectivity index (χ1v) is 8.05. The zero-order valence-corrected chi connectivity index (χ0v) is 13.5. The molecular formula is C16H24N2O5. The molecule has 128 valence electrons. The standard InChI is InChI=1S/C16H24N2O5/c1-21-14-5-4-13(23-14)15(19)18-8-9-22-12-16(20,11-18)10-17-6-2-3-7-17/h4-5,20H,2-3,6-12H2,1H3/t16-/m0/s1. The number of likely N-dealkylation sites (tertiary alicyclic amines) is 1. The number of aliphatic hydroxyl groups is 1. The van der Waals surface area contributed by atoms with Crippen LogP contribution in [0.4, 0.5) is 0 Å². The van der Waals surface area contributed by atoms with Crippen molar-refractivity contribution in [3.05, 3.63) is 17.9 Å². The van der Waals surface area contributed by atoms with Crippen LogP contribution in [0.5, 0.6) is 5.95 Å². The minimum Gasteiger partial charge on any atom is -0.468 e. The minimum atomic E-state index is -1.05. The topological polar surface area (TPSA) is 75.4 Å². The number of amides is 1. The van der Waals surface area contributed by atoms with Crippen LogP contribution in [0.1, 0.15) is 23.4 Å². The van der Waals surface area contributed by atoms with Gasteiger partial charge in [-0.1, -0.05) is 0 Å². The van der Waals surface area contributed by atoms with Crippen LogP contribution in [0.3, 0.4) is 0 Å². The maximum absolute atomic E-state index is 12.6. The molecule has 0 unspecified atom stereocenters. The molecule has 0 radical (unpaired) electrons. The Kier molecular flexibility index (Phi) is 4.89. The van der Waals surface area contributed by atoms with Gasteiger partial charge in [0, 0.05) is 19.2 Å². The van der Waals surface area contributed by atoms with E-state index in [1.807, 2.05) is 0 Å². The van der Waals surface area contributed by atoms with Gasteiger partial charge in [0.15, 0.2) is 5.76 Å². The van der Waals surface area contributed by atoms with Crippen molar-refractivity contribution in [3.8, 4) is 5.95 Å². The number of hydrogen-bond acceptors (Lipinski definition) is 6. The Hall–Kier alpha value is -1.57. The van der Waals surface area contributed by atoms with E-state index in [4.69, 9.17) is 13.9 Å². The molecule has 0 aromatic carbocycles. The van der Waals surface area contributed by atoms with Crippen molar-refractivity contribution in [2.45, 2.75) is 18.4 Å². The zero-order chi connectivity index (χ0) is 16.3. The van der Waals surface area contributed by atoms with Gasteiger partial charge in [0.05, 0.1) is 26.9 Å². The Morgan fingerprint density at radius 2 is 2.13 bits per heavy atom. The molecule has 23 heavy (non-hydrogen) atoms. The third-order valence-electron chi connectivity index (χ3n) is 4.36. The summed E-state index contributed by atoms with van der Waals surface area (Å²) < 4.78 is 15.8. The fourth-order valence-electron chi connectivity index (χ4n) is 3.24. The molecule has 3 heterocycles. The third kappa shape index (κ3) is 3.85. The van der Waals surface area contributed by atoms with Crippen LogP contribution in [0.25, 0.3) is 0 Å². The molecule has 1 N–H and O–H groups in total. The van der Waals surface area contributed by atoms with Crippen LogP contribution in [0.2, 0.25) is 0 Å². The number of rotatable bonds is 4. The van der Waals surface area contributed by atoms with Gasteiger partial charge in [-0.15, -0.1) is 0 Å². The summed E-state index contributed by atoms with van der Waals surface area (Å²) in [5.41, 5.74) is -1.05. The maximum atomic E-state index is 12.6. The highest BCUT2D eigenvalue weighted by Gasteiger charge is 2.37. The molecule has 0 saturated carbocycles. The Morgan fingerprint density at radius 3 is 2.83 bits per heavy atom. The van der Waals surface area contributed by atoms with Crippen LogP contribution < -0.4 is 4.74 Å². The summed E-state index contributed by atoms with van der Waals surface area (Å²) in [4.78, 5) is 16.4. The Balaban J connectivity index is 1.69. The van der Waals surface area contributed by atoms with Gasteiger partial charge < -0.3 is 28.8 Å². The van der Waals surface area contributed by atoms with Crippen LogP contribution in [0.15, 0.2) is 16.5 Å². The molecule has 1 aromatic heterocycles. The summed E-state index contributed by atoms with van der Waals surface area (Å²) >= 11 is 0. The number of ether oxygens (including phenoxy) is 2. The van der Waals surface area contributed by atoms with Crippen molar-refractivity contribution in [1.82, 2.24) is 9.80 Å². The summed E-state index contributed by atoms with van der Waals surface area (Å²) in [6, 6.07) is 3.20. The molecule has 2 fully saturated rings. The van der Waals surface area contributed by atoms with E-state index in [-0.39, 0.29) is 24.8 Å². The van der Waals surface area contributed by atoms with E-state index >= 15 is 0 Å². The van der Waals surface area contributed by atoms with E-state index in [0.29, 0.717) is 25.6 Å². The lowest BCUT2D eigenvalue weighted by molar-refractivity contribution is -0.0525. The lowest BCUT2D eigenvalue weighted by atomic mass is 10.0. The van der Waals surface area contributed by atoms with Gasteiger partial charge in [0.1, 0.15) is 5.60 Å². The fourth-order valence-corrected chi connectivity index (χ4v) is 3.24. The molecule has 0 aliphatic carbocycles. The smallest absolute Gasteiger partial charge is 0.289 e. The monoisotopic (exact) mass is 324 g/mol. The van der Waals surface area contributed by atoms with Crippen LogP contribution in [-0.2, 0) is 4.74 Å². The molecule has 0 spiro atoms. The van der Waals surface area contributed by atoms with Gasteiger partial charge in [-0.3, -0.25) is 4.79 Å². The molecule has 7 nitrogen and oxygen atoms in total. The minimum absolute atomic E-state index is 0.215. The summed E-state index contributed by atoms with van der Waals surface area (Å²) in [7, 11) is 1.49. The quantitative estimate of drug-likeness (QED) is 0.873. The predicted molar refractivity (Wildman–Crippen MR) is 82.6 cm³/mol. The van der Waals surface area contributed by atoms with E-state index in [1.165, 1.54) is 7.11 Å². The second-order valence-electron chi connectivity index (χ2n) is 6.31. The number of furan rings is 1. The molecule has 7 heteroatoms. The Labute approximate surface area is 135 Å². The lowest BCUT2D eigenvalue weighted by Crippen LogP contribution is -2.52. The summed E-state index contributed by atoms with van der Waals surface area (Å²) in [5.74, 6) is 0.262. The zero-order valence-electron chi connectivity index (χ0n) is 13.5. The van der Waals surface area contributed by atoms with Crippen molar-refractivity contribution in [2.24, 2.45) is 0 Å². The number of carbonyl (C=O) groups excluding carboxylic acids is 1. The largest absolute Gasteiger partial charge is 0.468 e. The summed E-state index contributed by atoms with van der Waals surface area (Å²) in [5, 5.41) is 10.9. The van der Waals surface area contributed by atoms with E-state index in [1.54, 1.807) is 17.0 Å². The lowest BCUT2D eigenvalue weighted by Gasteiger charge is -2.33. The van der Waals surface area contributed by atoms with Crippen LogP contribution in [0, 0.1) is 0 Å². The van der Waals surface area contributed by atoms with Gasteiger partial charge >= 0.3 is 0 Å². The van der Waals surface area contributed by atoms with Crippen molar-refractivity contribution in [2.75, 3.05) is 53.0 Å². The highest BCUT2D eigenvalue weighted by atomic mass is 16.6. The van der Waals surface area contributed by atoms with Crippen LogP contribution >= 0.6 is 0 Å². The molecule has 1 aromatic rings. The second kappa shape index (κ2) is 6.90. The van der Waals surface area contributed by atoms with Crippen molar-refractivity contribution < 1.29 is 23.8 Å². The number of carbonyl (C=O) groups is 1. The Morgan fingerprint density at radius 1 is 1.35 bits per heavy atom. The van der Waals surface area contributed by atoms with Gasteiger partial charge in [0.2, 0.25) is 0 Å². The first-order valence-electron chi connectivity index (χ1n) is 8.05. The van der Waals surface area contributed by atoms with E-state index < -0.39 is 5.60 Å². The molecule has 1 amide bonds. The number of hydrogen-bond donors (Lipinski definition) is 1.